The Labute approximate surface area is 212 Å². The fourth-order valence-corrected chi connectivity index (χ4v) is 7.97. The number of halogens is 1. The van der Waals surface area contributed by atoms with Gasteiger partial charge >= 0.3 is 0 Å². The van der Waals surface area contributed by atoms with Crippen molar-refractivity contribution < 1.29 is 19.7 Å². The van der Waals surface area contributed by atoms with Crippen LogP contribution in [0, 0.1) is 11.8 Å². The number of phenolic OH excluding ortho intramolecular Hbond substituents is 2. The second-order valence-corrected chi connectivity index (χ2v) is 11.2. The van der Waals surface area contributed by atoms with Crippen molar-refractivity contribution in [1.29, 1.82) is 0 Å². The number of amides is 1. The second kappa shape index (κ2) is 8.12. The molecular weight excluding hydrogens is 464 g/mol. The Morgan fingerprint density at radius 1 is 1.11 bits per heavy atom. The Kier molecular flexibility index (Phi) is 5.37. The summed E-state index contributed by atoms with van der Waals surface area (Å²) < 4.78 is 6.94. The summed E-state index contributed by atoms with van der Waals surface area (Å²) in [4.78, 5) is 15.8. The Morgan fingerprint density at radius 2 is 1.94 bits per heavy atom. The lowest BCUT2D eigenvalue weighted by Crippen LogP contribution is -2.70. The van der Waals surface area contributed by atoms with Crippen LogP contribution in [0.2, 0.25) is 0 Å². The van der Waals surface area contributed by atoms with E-state index in [9.17, 15) is 15.0 Å². The first-order valence-corrected chi connectivity index (χ1v) is 12.8. The van der Waals surface area contributed by atoms with E-state index in [0.717, 1.165) is 44.7 Å². The lowest BCUT2D eigenvalue weighted by atomic mass is 9.52. The summed E-state index contributed by atoms with van der Waals surface area (Å²) in [5.74, 6) is 1.49. The van der Waals surface area contributed by atoms with E-state index < -0.39 is 5.60 Å². The van der Waals surface area contributed by atoms with Crippen LogP contribution in [-0.2, 0) is 11.2 Å². The molecule has 0 aromatic heterocycles. The monoisotopic (exact) mass is 496 g/mol. The molecule has 3 aliphatic heterocycles. The number of benzene rings is 2. The number of carbonyl (C=O) groups is 1. The number of hydrogen-bond acceptors (Lipinski definition) is 5. The molecule has 3 saturated heterocycles. The van der Waals surface area contributed by atoms with Crippen LogP contribution in [0.15, 0.2) is 42.5 Å². The third-order valence-electron chi connectivity index (χ3n) is 9.45. The summed E-state index contributed by atoms with van der Waals surface area (Å²) in [7, 11) is 0. The third-order valence-corrected chi connectivity index (χ3v) is 9.45. The van der Waals surface area contributed by atoms with E-state index in [1.54, 1.807) is 24.3 Å². The lowest BCUT2D eigenvalue weighted by molar-refractivity contribution is -0.0545. The van der Waals surface area contributed by atoms with Crippen molar-refractivity contribution in [2.45, 2.75) is 61.7 Å². The molecule has 1 amide bonds. The molecule has 5 aliphatic rings. The number of fused-ring (bicyclic) bond motifs is 4. The Morgan fingerprint density at radius 3 is 2.74 bits per heavy atom. The minimum atomic E-state index is -0.416. The minimum Gasteiger partial charge on any atom is -0.508 e. The molecule has 4 fully saturated rings. The standard InChI is InChI=1S/C28H32N2O4.ClH/c31-19-8-7-18-14-28-24-9-11-27(34-24,16-29-26(33)21-3-1-2-4-23(21)32)25(28)20(22(18)13-19)10-12-30(28)15-17-5-6-17;/h1-4,7-8,13,17,20,24-25,31-32H,5-6,9-12,14-16H2,(H,29,33);1H/t20?,24?,25?,27-,28?;/m0./s1. The molecule has 7 rings (SSSR count). The molecule has 4 unspecified atom stereocenters. The largest absolute Gasteiger partial charge is 0.508 e. The van der Waals surface area contributed by atoms with Crippen molar-refractivity contribution >= 4 is 18.3 Å². The quantitative estimate of drug-likeness (QED) is 0.583. The highest BCUT2D eigenvalue weighted by Crippen LogP contribution is 2.66. The molecule has 4 bridgehead atoms. The van der Waals surface area contributed by atoms with Crippen LogP contribution >= 0.6 is 12.4 Å². The highest BCUT2D eigenvalue weighted by Gasteiger charge is 2.73. The Hall–Kier alpha value is -2.28. The summed E-state index contributed by atoms with van der Waals surface area (Å²) in [5.41, 5.74) is 2.47. The van der Waals surface area contributed by atoms with Crippen LogP contribution in [0.25, 0.3) is 0 Å². The first-order chi connectivity index (χ1) is 16.5. The highest BCUT2D eigenvalue weighted by molar-refractivity contribution is 5.96. The molecule has 0 spiro atoms. The zero-order valence-electron chi connectivity index (χ0n) is 19.8. The molecule has 2 aromatic carbocycles. The predicted octanol–water partition coefficient (Wildman–Crippen LogP) is 3.99. The molecule has 7 heteroatoms. The molecule has 2 aromatic rings. The van der Waals surface area contributed by atoms with Gasteiger partial charge in [0.2, 0.25) is 0 Å². The maximum atomic E-state index is 13.0. The number of para-hydroxylation sites is 1. The van der Waals surface area contributed by atoms with Gasteiger partial charge in [0.05, 0.1) is 22.8 Å². The summed E-state index contributed by atoms with van der Waals surface area (Å²) in [6.07, 6.45) is 6.80. The first-order valence-electron chi connectivity index (χ1n) is 12.8. The molecule has 0 radical (unpaired) electrons. The van der Waals surface area contributed by atoms with E-state index in [4.69, 9.17) is 4.74 Å². The SMILES string of the molecule is Cl.O=C(NC[C@]12CCC(O1)C13Cc4ccc(O)cc4C(CCN1CC1CC1)C32)c1ccccc1O. The van der Waals surface area contributed by atoms with Crippen LogP contribution in [0.3, 0.4) is 0 Å². The number of ether oxygens (including phenoxy) is 1. The topological polar surface area (TPSA) is 82.0 Å². The van der Waals surface area contributed by atoms with Crippen LogP contribution in [0.1, 0.15) is 59.5 Å². The van der Waals surface area contributed by atoms with Crippen molar-refractivity contribution in [3.05, 3.63) is 59.2 Å². The van der Waals surface area contributed by atoms with E-state index in [1.165, 1.54) is 24.0 Å². The number of carbonyl (C=O) groups excluding carboxylic acids is 1. The molecule has 35 heavy (non-hydrogen) atoms. The zero-order valence-corrected chi connectivity index (χ0v) is 20.6. The van der Waals surface area contributed by atoms with Gasteiger partial charge in [0.25, 0.3) is 5.91 Å². The summed E-state index contributed by atoms with van der Waals surface area (Å²) >= 11 is 0. The van der Waals surface area contributed by atoms with E-state index >= 15 is 0 Å². The number of hydrogen-bond donors (Lipinski definition) is 3. The van der Waals surface area contributed by atoms with Gasteiger partial charge in [-0.15, -0.1) is 12.4 Å². The molecule has 2 aliphatic carbocycles. The van der Waals surface area contributed by atoms with Gasteiger partial charge in [-0.25, -0.2) is 0 Å². The third kappa shape index (κ3) is 3.33. The van der Waals surface area contributed by atoms with Crippen molar-refractivity contribution in [2.24, 2.45) is 11.8 Å². The predicted molar refractivity (Wildman–Crippen MR) is 134 cm³/mol. The van der Waals surface area contributed by atoms with Gasteiger partial charge in [-0.05, 0) is 92.3 Å². The van der Waals surface area contributed by atoms with E-state index in [0.29, 0.717) is 23.8 Å². The number of aromatic hydroxyl groups is 2. The van der Waals surface area contributed by atoms with Gasteiger partial charge in [-0.2, -0.15) is 0 Å². The molecular formula is C28H33ClN2O4. The van der Waals surface area contributed by atoms with Crippen LogP contribution < -0.4 is 5.32 Å². The smallest absolute Gasteiger partial charge is 0.255 e. The van der Waals surface area contributed by atoms with Gasteiger partial charge in [-0.3, -0.25) is 9.69 Å². The highest BCUT2D eigenvalue weighted by atomic mass is 35.5. The second-order valence-electron chi connectivity index (χ2n) is 11.2. The maximum absolute atomic E-state index is 13.0. The molecule has 5 atom stereocenters. The summed E-state index contributed by atoms with van der Waals surface area (Å²) in [5, 5.41) is 23.6. The zero-order chi connectivity index (χ0) is 23.1. The van der Waals surface area contributed by atoms with Crippen molar-refractivity contribution in [1.82, 2.24) is 10.2 Å². The van der Waals surface area contributed by atoms with Gasteiger partial charge in [0.1, 0.15) is 11.5 Å². The average molecular weight is 497 g/mol. The van der Waals surface area contributed by atoms with Gasteiger partial charge in [0, 0.05) is 19.0 Å². The van der Waals surface area contributed by atoms with Crippen LogP contribution in [0.4, 0.5) is 0 Å². The number of nitrogens with one attached hydrogen (secondary N) is 1. The van der Waals surface area contributed by atoms with Gasteiger partial charge in [0.15, 0.2) is 0 Å². The number of nitrogens with zero attached hydrogens (tertiary/aromatic N) is 1. The molecule has 186 valence electrons. The minimum absolute atomic E-state index is 0. The van der Waals surface area contributed by atoms with Gasteiger partial charge < -0.3 is 20.3 Å². The molecule has 3 heterocycles. The summed E-state index contributed by atoms with van der Waals surface area (Å²) in [6, 6.07) is 12.6. The normalized spacial score (nSPS) is 34.6. The number of rotatable bonds is 5. The average Bonchev–Trinajstić information content (AvgIpc) is 3.48. The fourth-order valence-electron chi connectivity index (χ4n) is 7.97. The van der Waals surface area contributed by atoms with Gasteiger partial charge in [-0.1, -0.05) is 18.2 Å². The van der Waals surface area contributed by atoms with Crippen molar-refractivity contribution in [3.63, 3.8) is 0 Å². The summed E-state index contributed by atoms with van der Waals surface area (Å²) in [6.45, 7) is 2.68. The Balaban J connectivity index is 0.00000229. The molecule has 1 saturated carbocycles. The number of piperidine rings is 1. The maximum Gasteiger partial charge on any atom is 0.255 e. The van der Waals surface area contributed by atoms with Crippen LogP contribution in [0.5, 0.6) is 11.5 Å². The van der Waals surface area contributed by atoms with Crippen LogP contribution in [-0.4, -0.2) is 57.9 Å². The van der Waals surface area contributed by atoms with E-state index in [-0.39, 0.29) is 41.6 Å². The van der Waals surface area contributed by atoms with E-state index in [1.807, 2.05) is 12.1 Å². The Bertz CT molecular complexity index is 1170. The first kappa shape index (κ1) is 23.1. The molecule has 3 N–H and O–H groups in total. The fraction of sp³-hybridized carbons (Fsp3) is 0.536. The van der Waals surface area contributed by atoms with E-state index in [2.05, 4.69) is 16.3 Å². The molecule has 6 nitrogen and oxygen atoms in total. The van der Waals surface area contributed by atoms with Crippen molar-refractivity contribution in [2.75, 3.05) is 19.6 Å². The van der Waals surface area contributed by atoms with Crippen molar-refractivity contribution in [3.8, 4) is 11.5 Å². The number of likely N-dealkylation sites (tertiary alicyclic amines) is 1. The number of phenols is 2. The lowest BCUT2D eigenvalue weighted by Gasteiger charge is -2.60.